The zero-order valence-corrected chi connectivity index (χ0v) is 14.8. The van der Waals surface area contributed by atoms with Gasteiger partial charge >= 0.3 is 5.97 Å². The van der Waals surface area contributed by atoms with Gasteiger partial charge in [0.1, 0.15) is 6.04 Å². The molecular weight excluding hydrogens is 300 g/mol. The summed E-state index contributed by atoms with van der Waals surface area (Å²) >= 11 is 0. The number of esters is 1. The molecule has 7 heteroatoms. The summed E-state index contributed by atoms with van der Waals surface area (Å²) in [5.74, 6) is -1.43. The van der Waals surface area contributed by atoms with E-state index in [1.54, 1.807) is 6.92 Å². The second-order valence-corrected chi connectivity index (χ2v) is 6.63. The third kappa shape index (κ3) is 7.97. The number of nitrogens with zero attached hydrogens (tertiary/aromatic N) is 1. The minimum atomic E-state index is -0.789. The smallest absolute Gasteiger partial charge is 0.329 e. The number of rotatable bonds is 10. The molecule has 134 valence electrons. The average Bonchev–Trinajstić information content (AvgIpc) is 2.47. The van der Waals surface area contributed by atoms with Crippen molar-refractivity contribution in [3.8, 4) is 0 Å². The van der Waals surface area contributed by atoms with Crippen LogP contribution in [0, 0.1) is 11.3 Å². The number of carbonyl (C=O) groups is 3. The Labute approximate surface area is 138 Å². The van der Waals surface area contributed by atoms with Crippen LogP contribution in [0.4, 0.5) is 0 Å². The number of nitrogens with one attached hydrogen (secondary N) is 1. The van der Waals surface area contributed by atoms with E-state index >= 15 is 0 Å². The van der Waals surface area contributed by atoms with Crippen LogP contribution in [0.3, 0.4) is 0 Å². The molecule has 0 aromatic rings. The summed E-state index contributed by atoms with van der Waals surface area (Å²) in [7, 11) is 0. The molecule has 0 spiro atoms. The normalized spacial score (nSPS) is 13.8. The van der Waals surface area contributed by atoms with Gasteiger partial charge in [0.15, 0.2) is 0 Å². The van der Waals surface area contributed by atoms with E-state index < -0.39 is 23.3 Å². The van der Waals surface area contributed by atoms with Crippen LogP contribution in [0.5, 0.6) is 0 Å². The van der Waals surface area contributed by atoms with E-state index in [0.717, 1.165) is 12.8 Å². The highest BCUT2D eigenvalue weighted by atomic mass is 16.5. The Morgan fingerprint density at radius 2 is 1.91 bits per heavy atom. The second kappa shape index (κ2) is 10.2. The van der Waals surface area contributed by atoms with Crippen LogP contribution < -0.4 is 5.32 Å². The van der Waals surface area contributed by atoms with Crippen molar-refractivity contribution in [1.29, 1.82) is 0 Å². The Bertz CT molecular complexity index is 392. The molecule has 0 aliphatic carbocycles. The van der Waals surface area contributed by atoms with E-state index in [1.165, 1.54) is 0 Å². The van der Waals surface area contributed by atoms with Crippen molar-refractivity contribution in [2.45, 2.75) is 59.9 Å². The van der Waals surface area contributed by atoms with E-state index in [-0.39, 0.29) is 25.5 Å². The predicted molar refractivity (Wildman–Crippen MR) is 85.6 cm³/mol. The van der Waals surface area contributed by atoms with Gasteiger partial charge in [-0.3, -0.25) is 14.8 Å². The van der Waals surface area contributed by atoms with Crippen molar-refractivity contribution >= 4 is 18.3 Å². The van der Waals surface area contributed by atoms with Gasteiger partial charge in [-0.1, -0.05) is 40.5 Å². The average molecular weight is 330 g/mol. The van der Waals surface area contributed by atoms with Gasteiger partial charge in [-0.25, -0.2) is 9.86 Å². The van der Waals surface area contributed by atoms with Crippen LogP contribution in [0.1, 0.15) is 53.9 Å². The Balaban J connectivity index is 5.06. The lowest BCUT2D eigenvalue weighted by molar-refractivity contribution is -0.157. The molecule has 0 saturated heterocycles. The van der Waals surface area contributed by atoms with E-state index in [4.69, 9.17) is 4.74 Å². The first kappa shape index (κ1) is 21.4. The third-order valence-corrected chi connectivity index (χ3v) is 3.48. The first-order valence-electron chi connectivity index (χ1n) is 8.05. The summed E-state index contributed by atoms with van der Waals surface area (Å²) in [5.41, 5.74) is -0.513. The van der Waals surface area contributed by atoms with Gasteiger partial charge in [0.2, 0.25) is 12.3 Å². The molecule has 0 bridgehead atoms. The first-order chi connectivity index (χ1) is 10.7. The molecular formula is C16H30N2O5. The molecule has 0 heterocycles. The van der Waals surface area contributed by atoms with Crippen LogP contribution in [-0.2, 0) is 19.1 Å². The van der Waals surface area contributed by atoms with Crippen molar-refractivity contribution in [2.24, 2.45) is 11.3 Å². The molecule has 23 heavy (non-hydrogen) atoms. The highest BCUT2D eigenvalue weighted by Crippen LogP contribution is 2.21. The fourth-order valence-electron chi connectivity index (χ4n) is 2.14. The van der Waals surface area contributed by atoms with Crippen LogP contribution in [0.15, 0.2) is 0 Å². The van der Waals surface area contributed by atoms with Crippen molar-refractivity contribution < 1.29 is 24.3 Å². The van der Waals surface area contributed by atoms with Crippen molar-refractivity contribution in [3.05, 3.63) is 0 Å². The third-order valence-electron chi connectivity index (χ3n) is 3.48. The van der Waals surface area contributed by atoms with Gasteiger partial charge in [-0.15, -0.1) is 0 Å². The van der Waals surface area contributed by atoms with E-state index in [1.807, 2.05) is 27.7 Å². The number of hydrogen-bond donors (Lipinski definition) is 2. The van der Waals surface area contributed by atoms with Crippen LogP contribution in [0.25, 0.3) is 0 Å². The fraction of sp³-hybridized carbons (Fsp3) is 0.812. The first-order valence-corrected chi connectivity index (χ1v) is 8.05. The molecule has 0 aliphatic heterocycles. The van der Waals surface area contributed by atoms with Crippen molar-refractivity contribution in [2.75, 3.05) is 13.2 Å². The molecule has 0 rings (SSSR count). The maximum atomic E-state index is 12.5. The summed E-state index contributed by atoms with van der Waals surface area (Å²) in [6.07, 6.45) is 2.45. The standard InChI is InChI=1S/C16H30N2O5/c1-6-8-9-12(10-18(22)11-19)14(20)17-13(16(3,4)5)15(21)23-7-2/h11-13,22H,6-10H2,1-5H3,(H,17,20)/t12-,13+/m0/s1. The van der Waals surface area contributed by atoms with Gasteiger partial charge in [-0.2, -0.15) is 0 Å². The Morgan fingerprint density at radius 1 is 1.30 bits per heavy atom. The zero-order chi connectivity index (χ0) is 18.0. The largest absolute Gasteiger partial charge is 0.464 e. The lowest BCUT2D eigenvalue weighted by Crippen LogP contribution is -2.52. The van der Waals surface area contributed by atoms with Crippen LogP contribution in [0.2, 0.25) is 0 Å². The van der Waals surface area contributed by atoms with Crippen molar-refractivity contribution in [3.63, 3.8) is 0 Å². The number of hydrogen-bond acceptors (Lipinski definition) is 5. The van der Waals surface area contributed by atoms with Gasteiger partial charge in [0.05, 0.1) is 19.1 Å². The van der Waals surface area contributed by atoms with E-state index in [2.05, 4.69) is 5.32 Å². The number of ether oxygens (including phenoxy) is 1. The highest BCUT2D eigenvalue weighted by Gasteiger charge is 2.35. The lowest BCUT2D eigenvalue weighted by atomic mass is 9.86. The summed E-state index contributed by atoms with van der Waals surface area (Å²) < 4.78 is 5.02. The molecule has 0 aliphatic rings. The van der Waals surface area contributed by atoms with Gasteiger partial charge in [-0.05, 0) is 18.8 Å². The number of hydroxylamine groups is 2. The van der Waals surface area contributed by atoms with Gasteiger partial charge < -0.3 is 10.1 Å². The maximum absolute atomic E-state index is 12.5. The highest BCUT2D eigenvalue weighted by molar-refractivity contribution is 5.86. The molecule has 0 radical (unpaired) electrons. The molecule has 0 unspecified atom stereocenters. The topological polar surface area (TPSA) is 95.9 Å². The molecule has 2 N–H and O–H groups in total. The summed E-state index contributed by atoms with van der Waals surface area (Å²) in [4.78, 5) is 35.2. The monoisotopic (exact) mass is 330 g/mol. The van der Waals surface area contributed by atoms with E-state index in [9.17, 15) is 19.6 Å². The molecule has 2 amide bonds. The summed E-state index contributed by atoms with van der Waals surface area (Å²) in [6.45, 7) is 9.32. The Morgan fingerprint density at radius 3 is 2.35 bits per heavy atom. The Kier molecular flexibility index (Phi) is 9.48. The molecule has 0 aromatic carbocycles. The maximum Gasteiger partial charge on any atom is 0.329 e. The van der Waals surface area contributed by atoms with Gasteiger partial charge in [0, 0.05) is 0 Å². The SMILES string of the molecule is CCCC[C@@H](CN(O)C=O)C(=O)N[C@H](C(=O)OCC)C(C)(C)C. The summed E-state index contributed by atoms with van der Waals surface area (Å²) in [5, 5.41) is 12.5. The quantitative estimate of drug-likeness (QED) is 0.275. The zero-order valence-electron chi connectivity index (χ0n) is 14.8. The van der Waals surface area contributed by atoms with Crippen LogP contribution in [-0.4, -0.2) is 47.8 Å². The van der Waals surface area contributed by atoms with Crippen LogP contribution >= 0.6 is 0 Å². The number of carbonyl (C=O) groups excluding carboxylic acids is 3. The lowest BCUT2D eigenvalue weighted by Gasteiger charge is -2.31. The molecule has 0 fully saturated rings. The minimum Gasteiger partial charge on any atom is -0.464 e. The molecule has 2 atom stereocenters. The number of amides is 2. The second-order valence-electron chi connectivity index (χ2n) is 6.63. The van der Waals surface area contributed by atoms with Crippen molar-refractivity contribution in [1.82, 2.24) is 10.4 Å². The summed E-state index contributed by atoms with van der Waals surface area (Å²) in [6, 6.07) is -0.789. The minimum absolute atomic E-state index is 0.102. The predicted octanol–water partition coefficient (Wildman–Crippen LogP) is 1.73. The number of unbranched alkanes of at least 4 members (excludes halogenated alkanes) is 1. The van der Waals surface area contributed by atoms with E-state index in [0.29, 0.717) is 11.5 Å². The molecule has 0 aromatic heterocycles. The Hall–Kier alpha value is -1.63. The molecule has 7 nitrogen and oxygen atoms in total. The van der Waals surface area contributed by atoms with Gasteiger partial charge in [0.25, 0.3) is 0 Å². The molecule has 0 saturated carbocycles. The fourth-order valence-corrected chi connectivity index (χ4v) is 2.14.